The topological polar surface area (TPSA) is 188 Å². The normalized spacial score (nSPS) is 12.6. The quantitative estimate of drug-likeness (QED) is 0.222. The minimum Gasteiger partial charge on any atom is -0.505 e. The maximum absolute atomic E-state index is 12.3. The van der Waals surface area contributed by atoms with Crippen LogP contribution in [0.1, 0.15) is 35.5 Å². The summed E-state index contributed by atoms with van der Waals surface area (Å²) in [5.41, 5.74) is -0.182. The third-order valence-electron chi connectivity index (χ3n) is 4.05. The molecule has 0 atom stereocenters. The average molecular weight is 486 g/mol. The first kappa shape index (κ1) is 25.7. The van der Waals surface area contributed by atoms with Crippen molar-refractivity contribution in [2.75, 3.05) is 6.54 Å². The Bertz CT molecular complexity index is 1160. The van der Waals surface area contributed by atoms with Gasteiger partial charge in [0.1, 0.15) is 5.75 Å². The predicted octanol–water partition coefficient (Wildman–Crippen LogP) is 2.87. The van der Waals surface area contributed by atoms with E-state index in [0.29, 0.717) is 0 Å². The van der Waals surface area contributed by atoms with E-state index in [1.807, 2.05) is 13.8 Å². The predicted molar refractivity (Wildman–Crippen MR) is 114 cm³/mol. The highest BCUT2D eigenvalue weighted by molar-refractivity contribution is 7.89. The number of hydrogen-bond donors (Lipinski definition) is 4. The molecule has 0 saturated carbocycles. The number of azo groups is 1. The number of aryl methyl sites for hydroxylation is 1. The summed E-state index contributed by atoms with van der Waals surface area (Å²) in [4.78, 5) is 33.3. The minimum atomic E-state index is -4.88. The fourth-order valence-electron chi connectivity index (χ4n) is 2.39. The van der Waals surface area contributed by atoms with Crippen molar-refractivity contribution in [3.8, 4) is 5.75 Å². The number of hydrogen-bond acceptors (Lipinski definition) is 9. The van der Waals surface area contributed by atoms with Crippen LogP contribution in [0.3, 0.4) is 0 Å². The number of phosphoric ester groups is 1. The summed E-state index contributed by atoms with van der Waals surface area (Å²) in [5.74, 6) is -0.544. The van der Waals surface area contributed by atoms with Gasteiger partial charge < -0.3 is 14.9 Å². The van der Waals surface area contributed by atoms with E-state index in [1.54, 1.807) is 0 Å². The number of aromatic nitrogens is 1. The third kappa shape index (κ3) is 6.99. The lowest BCUT2D eigenvalue weighted by Gasteiger charge is -2.12. The Hall–Kier alpha value is -2.54. The van der Waals surface area contributed by atoms with Crippen molar-refractivity contribution in [2.24, 2.45) is 16.1 Å². The van der Waals surface area contributed by atoms with E-state index in [-0.39, 0.29) is 52.0 Å². The Morgan fingerprint density at radius 2 is 1.84 bits per heavy atom. The van der Waals surface area contributed by atoms with Gasteiger partial charge in [0.25, 0.3) is 0 Å². The van der Waals surface area contributed by atoms with Crippen LogP contribution in [0, 0.1) is 12.8 Å². The summed E-state index contributed by atoms with van der Waals surface area (Å²) < 4.78 is 42.4. The van der Waals surface area contributed by atoms with E-state index < -0.39 is 30.2 Å². The molecule has 0 amide bonds. The first-order valence-corrected chi connectivity index (χ1v) is 12.2. The van der Waals surface area contributed by atoms with Gasteiger partial charge in [-0.15, -0.1) is 10.2 Å². The number of aromatic hydroxyl groups is 1. The second-order valence-corrected chi connectivity index (χ2v) is 10.1. The zero-order valence-electron chi connectivity index (χ0n) is 17.5. The molecule has 0 saturated heterocycles. The molecule has 0 unspecified atom stereocenters. The molecule has 174 valence electrons. The van der Waals surface area contributed by atoms with Crippen molar-refractivity contribution >= 4 is 35.6 Å². The molecule has 1 heterocycles. The second kappa shape index (κ2) is 10.4. The lowest BCUT2D eigenvalue weighted by molar-refractivity contribution is 0.111. The molecule has 0 aliphatic rings. The summed E-state index contributed by atoms with van der Waals surface area (Å²) in [7, 11) is -8.56. The lowest BCUT2D eigenvalue weighted by Crippen LogP contribution is -2.27. The number of carbonyl (C=O) groups excluding carboxylic acids is 1. The van der Waals surface area contributed by atoms with Gasteiger partial charge in [-0.3, -0.25) is 9.32 Å². The van der Waals surface area contributed by atoms with Gasteiger partial charge in [-0.2, -0.15) is 0 Å². The van der Waals surface area contributed by atoms with E-state index in [4.69, 9.17) is 9.79 Å². The van der Waals surface area contributed by atoms with Gasteiger partial charge in [-0.05, 0) is 37.1 Å². The molecule has 12 nitrogen and oxygen atoms in total. The van der Waals surface area contributed by atoms with E-state index >= 15 is 0 Å². The van der Waals surface area contributed by atoms with Crippen molar-refractivity contribution in [2.45, 2.75) is 32.3 Å². The Balaban J connectivity index is 2.35. The number of phosphoric acid groups is 1. The molecule has 0 aliphatic heterocycles. The fraction of sp³-hybridized carbons (Fsp3) is 0.333. The van der Waals surface area contributed by atoms with Crippen LogP contribution in [0.5, 0.6) is 5.75 Å². The van der Waals surface area contributed by atoms with Crippen molar-refractivity contribution in [3.05, 3.63) is 41.1 Å². The number of sulfonamides is 1. The fourth-order valence-corrected chi connectivity index (χ4v) is 3.91. The summed E-state index contributed by atoms with van der Waals surface area (Å²) in [6.07, 6.45) is 0.283. The zero-order valence-corrected chi connectivity index (χ0v) is 19.2. The van der Waals surface area contributed by atoms with Gasteiger partial charge in [0.2, 0.25) is 10.0 Å². The van der Waals surface area contributed by atoms with Crippen LogP contribution in [0.2, 0.25) is 0 Å². The van der Waals surface area contributed by atoms with Crippen LogP contribution in [0.4, 0.5) is 11.5 Å². The van der Waals surface area contributed by atoms with E-state index in [0.717, 1.165) is 0 Å². The first-order valence-electron chi connectivity index (χ1n) is 9.23. The number of nitrogens with zero attached hydrogens (tertiary/aromatic N) is 3. The van der Waals surface area contributed by atoms with Gasteiger partial charge in [0.15, 0.2) is 12.1 Å². The molecule has 14 heteroatoms. The Labute approximate surface area is 184 Å². The van der Waals surface area contributed by atoms with Crippen molar-refractivity contribution < 1.29 is 37.2 Å². The van der Waals surface area contributed by atoms with Crippen LogP contribution in [-0.4, -0.2) is 41.1 Å². The number of nitrogens with one attached hydrogen (secondary N) is 1. The molecule has 0 aliphatic carbocycles. The molecule has 1 aromatic heterocycles. The standard InChI is InChI=1S/C18H23N4O8PS/c1-11(2)8-19-32(28,29)14-6-4-13(5-7-14)21-22-18-16(10-30-31(25,26)27)15(9-23)17(24)12(3)20-18/h4-7,9,11,19,24H,8,10H2,1-3H3,(H2,25,26,27). The van der Waals surface area contributed by atoms with Crippen LogP contribution >= 0.6 is 7.82 Å². The van der Waals surface area contributed by atoms with Gasteiger partial charge in [0, 0.05) is 12.1 Å². The van der Waals surface area contributed by atoms with Gasteiger partial charge in [-0.25, -0.2) is 22.7 Å². The summed E-state index contributed by atoms with van der Waals surface area (Å²) in [6, 6.07) is 5.46. The molecule has 2 rings (SSSR count). The van der Waals surface area contributed by atoms with E-state index in [1.165, 1.54) is 31.2 Å². The van der Waals surface area contributed by atoms with Crippen molar-refractivity contribution in [1.82, 2.24) is 9.71 Å². The van der Waals surface area contributed by atoms with Crippen LogP contribution in [0.25, 0.3) is 0 Å². The largest absolute Gasteiger partial charge is 0.505 e. The number of carbonyl (C=O) groups is 1. The van der Waals surface area contributed by atoms with Crippen LogP contribution in [0.15, 0.2) is 39.4 Å². The maximum atomic E-state index is 12.3. The smallest absolute Gasteiger partial charge is 0.469 e. The molecule has 0 radical (unpaired) electrons. The second-order valence-electron chi connectivity index (χ2n) is 7.08. The summed E-state index contributed by atoms with van der Waals surface area (Å²) in [5, 5.41) is 17.8. The molecule has 2 aromatic rings. The van der Waals surface area contributed by atoms with E-state index in [2.05, 4.69) is 24.5 Å². The highest BCUT2D eigenvalue weighted by Crippen LogP contribution is 2.40. The first-order chi connectivity index (χ1) is 14.8. The average Bonchev–Trinajstić information content (AvgIpc) is 2.71. The highest BCUT2D eigenvalue weighted by atomic mass is 32.2. The summed E-state index contributed by atoms with van der Waals surface area (Å²) in [6.45, 7) is 4.68. The SMILES string of the molecule is Cc1nc(N=Nc2ccc(S(=O)(=O)NCC(C)C)cc2)c(COP(=O)(O)O)c(C=O)c1O. The van der Waals surface area contributed by atoms with E-state index in [9.17, 15) is 22.9 Å². The highest BCUT2D eigenvalue weighted by Gasteiger charge is 2.22. The molecule has 1 aromatic carbocycles. The molecule has 4 N–H and O–H groups in total. The number of benzene rings is 1. The van der Waals surface area contributed by atoms with Gasteiger partial charge >= 0.3 is 7.82 Å². The molecule has 0 fully saturated rings. The number of pyridine rings is 1. The Morgan fingerprint density at radius 1 is 1.22 bits per heavy atom. The molecule has 0 spiro atoms. The number of aldehydes is 1. The Kier molecular flexibility index (Phi) is 8.35. The molecular formula is C18H23N4O8PS. The van der Waals surface area contributed by atoms with Crippen molar-refractivity contribution in [1.29, 1.82) is 0 Å². The maximum Gasteiger partial charge on any atom is 0.469 e. The van der Waals surface area contributed by atoms with Gasteiger partial charge in [-0.1, -0.05) is 13.8 Å². The number of rotatable bonds is 10. The van der Waals surface area contributed by atoms with Gasteiger partial charge in [0.05, 0.1) is 28.4 Å². The van der Waals surface area contributed by atoms with Crippen LogP contribution < -0.4 is 4.72 Å². The van der Waals surface area contributed by atoms with Crippen LogP contribution in [-0.2, 0) is 25.7 Å². The molecular weight excluding hydrogens is 463 g/mol. The lowest BCUT2D eigenvalue weighted by atomic mass is 10.1. The molecule has 0 bridgehead atoms. The third-order valence-corrected chi connectivity index (χ3v) is 5.96. The molecule has 32 heavy (non-hydrogen) atoms. The minimum absolute atomic E-state index is 0.0367. The zero-order chi connectivity index (χ0) is 24.1. The monoisotopic (exact) mass is 486 g/mol. The van der Waals surface area contributed by atoms with Crippen molar-refractivity contribution in [3.63, 3.8) is 0 Å². The Morgan fingerprint density at radius 3 is 2.38 bits per heavy atom. The summed E-state index contributed by atoms with van der Waals surface area (Å²) >= 11 is 0.